The first-order chi connectivity index (χ1) is 10.4. The minimum Gasteiger partial charge on any atom is -0.313 e. The van der Waals surface area contributed by atoms with Gasteiger partial charge in [0.25, 0.3) is 0 Å². The van der Waals surface area contributed by atoms with E-state index >= 15 is 0 Å². The van der Waals surface area contributed by atoms with Crippen LogP contribution >= 0.6 is 0 Å². The fraction of sp³-hybridized carbons (Fsp3) is 0.625. The highest BCUT2D eigenvalue weighted by Crippen LogP contribution is 2.43. The predicted octanol–water partition coefficient (Wildman–Crippen LogP) is 3.57. The molecule has 2 N–H and O–H groups in total. The molecule has 1 aliphatic heterocycles. The van der Waals surface area contributed by atoms with Crippen molar-refractivity contribution in [3.8, 4) is 0 Å². The largest absolute Gasteiger partial charge is 0.416 e. The number of hydrogen-bond acceptors (Lipinski definition) is 2. The molecule has 1 saturated carbocycles. The molecule has 0 amide bonds. The summed E-state index contributed by atoms with van der Waals surface area (Å²) in [6, 6.07) is 3.25. The van der Waals surface area contributed by atoms with E-state index < -0.39 is 23.1 Å². The highest BCUT2D eigenvalue weighted by Gasteiger charge is 2.41. The number of alkyl halides is 3. The molecular formula is C16H20F4N2. The Hall–Kier alpha value is -1.14. The molecular weight excluding hydrogens is 296 g/mol. The highest BCUT2D eigenvalue weighted by molar-refractivity contribution is 5.34. The lowest BCUT2D eigenvalue weighted by atomic mass is 9.71. The summed E-state index contributed by atoms with van der Waals surface area (Å²) in [5.74, 6) is -0.822. The molecule has 0 spiro atoms. The average molecular weight is 316 g/mol. The van der Waals surface area contributed by atoms with Gasteiger partial charge in [-0.05, 0) is 62.4 Å². The van der Waals surface area contributed by atoms with Crippen molar-refractivity contribution in [2.75, 3.05) is 13.1 Å². The Morgan fingerprint density at radius 3 is 2.50 bits per heavy atom. The second-order valence-electron chi connectivity index (χ2n) is 6.34. The van der Waals surface area contributed by atoms with E-state index in [-0.39, 0.29) is 0 Å². The van der Waals surface area contributed by atoms with E-state index in [0.29, 0.717) is 24.2 Å². The number of rotatable bonds is 4. The van der Waals surface area contributed by atoms with Crippen LogP contribution < -0.4 is 10.6 Å². The van der Waals surface area contributed by atoms with Gasteiger partial charge in [-0.15, -0.1) is 0 Å². The zero-order chi connectivity index (χ0) is 15.8. The Morgan fingerprint density at radius 2 is 1.95 bits per heavy atom. The van der Waals surface area contributed by atoms with Gasteiger partial charge in [-0.1, -0.05) is 0 Å². The lowest BCUT2D eigenvalue weighted by Gasteiger charge is -2.44. The second kappa shape index (κ2) is 5.81. The molecule has 1 aliphatic carbocycles. The molecule has 1 aromatic carbocycles. The molecule has 22 heavy (non-hydrogen) atoms. The van der Waals surface area contributed by atoms with Crippen LogP contribution in [0.25, 0.3) is 0 Å². The Morgan fingerprint density at radius 1 is 1.18 bits per heavy atom. The number of benzene rings is 1. The van der Waals surface area contributed by atoms with Crippen molar-refractivity contribution < 1.29 is 17.6 Å². The molecule has 1 heterocycles. The standard InChI is InChI=1S/C16H20F4N2/c17-13-8-11(7-12(9-13)16(18,19)20)15(4-2-5-15)22-10-14-3-1-6-21-14/h7-9,14,21-22H,1-6,10H2. The molecule has 2 aliphatic rings. The Kier molecular flexibility index (Phi) is 4.16. The maximum atomic E-state index is 13.6. The molecule has 1 unspecified atom stereocenters. The van der Waals surface area contributed by atoms with Gasteiger partial charge in [0.2, 0.25) is 0 Å². The van der Waals surface area contributed by atoms with Gasteiger partial charge in [0.1, 0.15) is 5.82 Å². The molecule has 0 bridgehead atoms. The molecule has 0 radical (unpaired) electrons. The van der Waals surface area contributed by atoms with Gasteiger partial charge in [-0.2, -0.15) is 13.2 Å². The molecule has 2 fully saturated rings. The lowest BCUT2D eigenvalue weighted by molar-refractivity contribution is -0.137. The SMILES string of the molecule is Fc1cc(C(F)(F)F)cc(C2(NCC3CCCN3)CCC2)c1. The molecule has 3 rings (SSSR count). The van der Waals surface area contributed by atoms with Crippen LogP contribution in [0.4, 0.5) is 17.6 Å². The first-order valence-corrected chi connectivity index (χ1v) is 7.76. The summed E-state index contributed by atoms with van der Waals surface area (Å²) in [6.45, 7) is 1.69. The molecule has 2 nitrogen and oxygen atoms in total. The van der Waals surface area contributed by atoms with Crippen molar-refractivity contribution in [3.05, 3.63) is 35.1 Å². The van der Waals surface area contributed by atoms with Gasteiger partial charge >= 0.3 is 6.18 Å². The van der Waals surface area contributed by atoms with Crippen molar-refractivity contribution in [2.24, 2.45) is 0 Å². The predicted molar refractivity (Wildman–Crippen MR) is 76.0 cm³/mol. The molecule has 122 valence electrons. The van der Waals surface area contributed by atoms with E-state index in [1.54, 1.807) is 0 Å². The summed E-state index contributed by atoms with van der Waals surface area (Å²) in [4.78, 5) is 0. The molecule has 1 aromatic rings. The van der Waals surface area contributed by atoms with Crippen molar-refractivity contribution in [3.63, 3.8) is 0 Å². The fourth-order valence-electron chi connectivity index (χ4n) is 3.38. The lowest BCUT2D eigenvalue weighted by Crippen LogP contribution is -2.51. The van der Waals surface area contributed by atoms with Crippen LogP contribution in [0.3, 0.4) is 0 Å². The minimum absolute atomic E-state index is 0.355. The van der Waals surface area contributed by atoms with Crippen molar-refractivity contribution in [2.45, 2.75) is 49.9 Å². The smallest absolute Gasteiger partial charge is 0.313 e. The molecule has 6 heteroatoms. The normalized spacial score (nSPS) is 24.3. The highest BCUT2D eigenvalue weighted by atomic mass is 19.4. The van der Waals surface area contributed by atoms with Crippen LogP contribution in [0, 0.1) is 5.82 Å². The molecule has 0 aromatic heterocycles. The van der Waals surface area contributed by atoms with E-state index in [0.717, 1.165) is 44.7 Å². The summed E-state index contributed by atoms with van der Waals surface area (Å²) >= 11 is 0. The van der Waals surface area contributed by atoms with Crippen molar-refractivity contribution in [1.82, 2.24) is 10.6 Å². The van der Waals surface area contributed by atoms with Gasteiger partial charge in [-0.3, -0.25) is 0 Å². The Labute approximate surface area is 127 Å². The number of hydrogen-bond donors (Lipinski definition) is 2. The third-order valence-corrected chi connectivity index (χ3v) is 4.83. The Balaban J connectivity index is 1.81. The fourth-order valence-corrected chi connectivity index (χ4v) is 3.38. The number of nitrogens with one attached hydrogen (secondary N) is 2. The summed E-state index contributed by atoms with van der Waals surface area (Å²) in [5.41, 5.74) is -0.995. The molecule has 1 saturated heterocycles. The third-order valence-electron chi connectivity index (χ3n) is 4.83. The first-order valence-electron chi connectivity index (χ1n) is 7.76. The first kappa shape index (κ1) is 15.7. The van der Waals surface area contributed by atoms with E-state index in [2.05, 4.69) is 10.6 Å². The summed E-state index contributed by atoms with van der Waals surface area (Å²) in [5, 5.41) is 6.76. The van der Waals surface area contributed by atoms with Gasteiger partial charge in [0, 0.05) is 18.1 Å². The molecule has 1 atom stereocenters. The van der Waals surface area contributed by atoms with Crippen LogP contribution in [0.2, 0.25) is 0 Å². The van der Waals surface area contributed by atoms with Crippen molar-refractivity contribution >= 4 is 0 Å². The van der Waals surface area contributed by atoms with Gasteiger partial charge in [0.05, 0.1) is 5.56 Å². The van der Waals surface area contributed by atoms with Gasteiger partial charge in [-0.25, -0.2) is 4.39 Å². The zero-order valence-electron chi connectivity index (χ0n) is 12.3. The summed E-state index contributed by atoms with van der Waals surface area (Å²) in [7, 11) is 0. The van der Waals surface area contributed by atoms with E-state index in [4.69, 9.17) is 0 Å². The quantitative estimate of drug-likeness (QED) is 0.830. The topological polar surface area (TPSA) is 24.1 Å². The van der Waals surface area contributed by atoms with Crippen molar-refractivity contribution in [1.29, 1.82) is 0 Å². The minimum atomic E-state index is -4.52. The van der Waals surface area contributed by atoms with E-state index in [1.807, 2.05) is 0 Å². The number of halogens is 4. The average Bonchev–Trinajstić information content (AvgIpc) is 2.89. The maximum Gasteiger partial charge on any atom is 0.416 e. The van der Waals surface area contributed by atoms with Crippen LogP contribution in [0.5, 0.6) is 0 Å². The maximum absolute atomic E-state index is 13.6. The van der Waals surface area contributed by atoms with E-state index in [9.17, 15) is 17.6 Å². The third kappa shape index (κ3) is 3.13. The van der Waals surface area contributed by atoms with Crippen LogP contribution in [-0.4, -0.2) is 19.1 Å². The van der Waals surface area contributed by atoms with E-state index in [1.165, 1.54) is 6.07 Å². The summed E-state index contributed by atoms with van der Waals surface area (Å²) in [6.07, 6.45) is 0.121. The zero-order valence-corrected chi connectivity index (χ0v) is 12.3. The van der Waals surface area contributed by atoms with Crippen LogP contribution in [-0.2, 0) is 11.7 Å². The Bertz CT molecular complexity index is 531. The van der Waals surface area contributed by atoms with Crippen LogP contribution in [0.15, 0.2) is 18.2 Å². The monoisotopic (exact) mass is 316 g/mol. The van der Waals surface area contributed by atoms with Crippen LogP contribution in [0.1, 0.15) is 43.2 Å². The van der Waals surface area contributed by atoms with Gasteiger partial charge < -0.3 is 10.6 Å². The van der Waals surface area contributed by atoms with Gasteiger partial charge in [0.15, 0.2) is 0 Å². The second-order valence-corrected chi connectivity index (χ2v) is 6.34. The summed E-state index contributed by atoms with van der Waals surface area (Å²) < 4.78 is 52.3.